The van der Waals surface area contributed by atoms with Crippen molar-refractivity contribution in [2.75, 3.05) is 13.2 Å². The molecule has 78 valence electrons. The van der Waals surface area contributed by atoms with Crippen LogP contribution in [0.3, 0.4) is 0 Å². The minimum atomic E-state index is 0.274. The average molecular weight is 212 g/mol. The van der Waals surface area contributed by atoms with E-state index in [0.717, 1.165) is 18.0 Å². The SMILES string of the molecule is CC(c1nccs1)N1CCCC1CO. The first kappa shape index (κ1) is 10.1. The number of hydrogen-bond acceptors (Lipinski definition) is 4. The Labute approximate surface area is 88.4 Å². The van der Waals surface area contributed by atoms with Gasteiger partial charge in [-0.2, -0.15) is 0 Å². The summed E-state index contributed by atoms with van der Waals surface area (Å²) < 4.78 is 0. The van der Waals surface area contributed by atoms with Gasteiger partial charge in [0, 0.05) is 17.6 Å². The molecule has 0 saturated carbocycles. The van der Waals surface area contributed by atoms with Crippen LogP contribution in [0.1, 0.15) is 30.8 Å². The van der Waals surface area contributed by atoms with Crippen molar-refractivity contribution in [3.05, 3.63) is 16.6 Å². The number of thiazole rings is 1. The van der Waals surface area contributed by atoms with E-state index in [0.29, 0.717) is 12.1 Å². The first-order valence-electron chi connectivity index (χ1n) is 5.09. The summed E-state index contributed by atoms with van der Waals surface area (Å²) in [7, 11) is 0. The number of aliphatic hydroxyl groups is 1. The molecule has 2 rings (SSSR count). The lowest BCUT2D eigenvalue weighted by atomic mass is 10.2. The minimum absolute atomic E-state index is 0.274. The fraction of sp³-hybridized carbons (Fsp3) is 0.700. The van der Waals surface area contributed by atoms with E-state index in [1.165, 1.54) is 6.42 Å². The fourth-order valence-electron chi connectivity index (χ4n) is 2.15. The number of likely N-dealkylation sites (tertiary alicyclic amines) is 1. The molecule has 1 aromatic rings. The van der Waals surface area contributed by atoms with Crippen LogP contribution in [0.15, 0.2) is 11.6 Å². The minimum Gasteiger partial charge on any atom is -0.395 e. The number of hydrogen-bond donors (Lipinski definition) is 1. The van der Waals surface area contributed by atoms with Crippen LogP contribution in [0, 0.1) is 0 Å². The van der Waals surface area contributed by atoms with Crippen LogP contribution in [0.5, 0.6) is 0 Å². The Morgan fingerprint density at radius 2 is 2.64 bits per heavy atom. The largest absolute Gasteiger partial charge is 0.395 e. The van der Waals surface area contributed by atoms with Crippen LogP contribution < -0.4 is 0 Å². The first-order valence-corrected chi connectivity index (χ1v) is 5.97. The maximum atomic E-state index is 9.22. The first-order chi connectivity index (χ1) is 6.83. The van der Waals surface area contributed by atoms with E-state index < -0.39 is 0 Å². The Balaban J connectivity index is 2.07. The third-order valence-corrected chi connectivity index (χ3v) is 3.89. The maximum Gasteiger partial charge on any atom is 0.109 e. The Hall–Kier alpha value is -0.450. The highest BCUT2D eigenvalue weighted by atomic mass is 32.1. The normalized spacial score (nSPS) is 25.4. The van der Waals surface area contributed by atoms with Crippen molar-refractivity contribution in [1.82, 2.24) is 9.88 Å². The molecule has 0 bridgehead atoms. The summed E-state index contributed by atoms with van der Waals surface area (Å²) in [5.74, 6) is 0. The number of nitrogens with zero attached hydrogens (tertiary/aromatic N) is 2. The standard InChI is InChI=1S/C10H16N2OS/c1-8(10-11-4-6-14-10)12-5-2-3-9(12)7-13/h4,6,8-9,13H,2-3,5,7H2,1H3. The molecule has 2 atom stereocenters. The number of aromatic nitrogens is 1. The van der Waals surface area contributed by atoms with Crippen LogP contribution in [0.2, 0.25) is 0 Å². The van der Waals surface area contributed by atoms with Crippen molar-refractivity contribution in [3.63, 3.8) is 0 Å². The van der Waals surface area contributed by atoms with Crippen molar-refractivity contribution in [3.8, 4) is 0 Å². The summed E-state index contributed by atoms with van der Waals surface area (Å²) in [6, 6.07) is 0.698. The topological polar surface area (TPSA) is 36.4 Å². The third kappa shape index (κ3) is 1.82. The van der Waals surface area contributed by atoms with E-state index in [1.807, 2.05) is 11.6 Å². The third-order valence-electron chi connectivity index (χ3n) is 2.94. The molecule has 0 aromatic carbocycles. The second-order valence-electron chi connectivity index (χ2n) is 3.76. The van der Waals surface area contributed by atoms with Gasteiger partial charge in [0.1, 0.15) is 5.01 Å². The molecule has 2 heterocycles. The Morgan fingerprint density at radius 3 is 3.29 bits per heavy atom. The molecular formula is C10H16N2OS. The molecule has 3 nitrogen and oxygen atoms in total. The highest BCUT2D eigenvalue weighted by molar-refractivity contribution is 7.09. The lowest BCUT2D eigenvalue weighted by molar-refractivity contribution is 0.126. The van der Waals surface area contributed by atoms with Crippen molar-refractivity contribution < 1.29 is 5.11 Å². The average Bonchev–Trinajstić information content (AvgIpc) is 2.87. The monoisotopic (exact) mass is 212 g/mol. The molecule has 1 aliphatic heterocycles. The zero-order valence-corrected chi connectivity index (χ0v) is 9.20. The van der Waals surface area contributed by atoms with Gasteiger partial charge >= 0.3 is 0 Å². The number of rotatable bonds is 3. The fourth-order valence-corrected chi connectivity index (χ4v) is 2.86. The molecular weight excluding hydrogens is 196 g/mol. The van der Waals surface area contributed by atoms with E-state index in [9.17, 15) is 5.11 Å². The van der Waals surface area contributed by atoms with E-state index in [-0.39, 0.29) is 6.61 Å². The smallest absolute Gasteiger partial charge is 0.109 e. The predicted octanol–water partition coefficient (Wildman–Crippen LogP) is 1.66. The quantitative estimate of drug-likeness (QED) is 0.828. The van der Waals surface area contributed by atoms with Gasteiger partial charge < -0.3 is 5.11 Å². The van der Waals surface area contributed by atoms with Crippen molar-refractivity contribution >= 4 is 11.3 Å². The second kappa shape index (κ2) is 4.38. The van der Waals surface area contributed by atoms with Gasteiger partial charge in [0.25, 0.3) is 0 Å². The summed E-state index contributed by atoms with van der Waals surface area (Å²) in [5, 5.41) is 12.4. The van der Waals surface area contributed by atoms with Gasteiger partial charge in [0.05, 0.1) is 12.6 Å². The molecule has 0 spiro atoms. The Bertz CT molecular complexity index is 276. The molecule has 2 unspecified atom stereocenters. The Morgan fingerprint density at radius 1 is 1.79 bits per heavy atom. The molecule has 0 radical (unpaired) electrons. The zero-order valence-electron chi connectivity index (χ0n) is 8.39. The molecule has 0 amide bonds. The van der Waals surface area contributed by atoms with Crippen LogP contribution >= 0.6 is 11.3 Å². The molecule has 1 fully saturated rings. The molecule has 4 heteroatoms. The van der Waals surface area contributed by atoms with Crippen LogP contribution in [0.25, 0.3) is 0 Å². The Kier molecular flexibility index (Phi) is 3.15. The second-order valence-corrected chi connectivity index (χ2v) is 4.69. The number of aliphatic hydroxyl groups excluding tert-OH is 1. The summed E-state index contributed by atoms with van der Waals surface area (Å²) in [6.07, 6.45) is 4.16. The highest BCUT2D eigenvalue weighted by Gasteiger charge is 2.29. The molecule has 1 aromatic heterocycles. The van der Waals surface area contributed by atoms with Crippen LogP contribution in [-0.2, 0) is 0 Å². The summed E-state index contributed by atoms with van der Waals surface area (Å²) in [4.78, 5) is 6.68. The van der Waals surface area contributed by atoms with Gasteiger partial charge in [0.15, 0.2) is 0 Å². The van der Waals surface area contributed by atoms with Crippen LogP contribution in [-0.4, -0.2) is 34.2 Å². The van der Waals surface area contributed by atoms with Crippen LogP contribution in [0.4, 0.5) is 0 Å². The van der Waals surface area contributed by atoms with Crippen molar-refractivity contribution in [2.45, 2.75) is 31.8 Å². The van der Waals surface area contributed by atoms with Crippen molar-refractivity contribution in [2.24, 2.45) is 0 Å². The summed E-state index contributed by atoms with van der Waals surface area (Å²) >= 11 is 1.70. The van der Waals surface area contributed by atoms with E-state index in [4.69, 9.17) is 0 Å². The maximum absolute atomic E-state index is 9.22. The van der Waals surface area contributed by atoms with E-state index in [2.05, 4.69) is 16.8 Å². The summed E-state index contributed by atoms with van der Waals surface area (Å²) in [6.45, 7) is 3.54. The molecule has 1 saturated heterocycles. The molecule has 1 aliphatic rings. The van der Waals surface area contributed by atoms with E-state index in [1.54, 1.807) is 11.3 Å². The van der Waals surface area contributed by atoms with Gasteiger partial charge in [-0.3, -0.25) is 4.90 Å². The zero-order chi connectivity index (χ0) is 9.97. The van der Waals surface area contributed by atoms with Gasteiger partial charge in [-0.05, 0) is 26.3 Å². The van der Waals surface area contributed by atoms with Gasteiger partial charge in [-0.15, -0.1) is 11.3 Å². The lowest BCUT2D eigenvalue weighted by Gasteiger charge is -2.27. The van der Waals surface area contributed by atoms with Gasteiger partial charge in [-0.25, -0.2) is 4.98 Å². The van der Waals surface area contributed by atoms with Gasteiger partial charge in [0.2, 0.25) is 0 Å². The highest BCUT2D eigenvalue weighted by Crippen LogP contribution is 2.29. The van der Waals surface area contributed by atoms with E-state index >= 15 is 0 Å². The van der Waals surface area contributed by atoms with Gasteiger partial charge in [-0.1, -0.05) is 0 Å². The van der Waals surface area contributed by atoms with Crippen molar-refractivity contribution in [1.29, 1.82) is 0 Å². The summed E-state index contributed by atoms with van der Waals surface area (Å²) in [5.41, 5.74) is 0. The predicted molar refractivity (Wildman–Crippen MR) is 57.3 cm³/mol. The molecule has 14 heavy (non-hydrogen) atoms. The lowest BCUT2D eigenvalue weighted by Crippen LogP contribution is -2.34. The molecule has 1 N–H and O–H groups in total. The molecule has 0 aliphatic carbocycles.